The summed E-state index contributed by atoms with van der Waals surface area (Å²) in [5.41, 5.74) is 1.20. The van der Waals surface area contributed by atoms with E-state index in [4.69, 9.17) is 9.52 Å². The maximum absolute atomic E-state index is 11.1. The minimum atomic E-state index is -1.20. The molecule has 0 spiro atoms. The second kappa shape index (κ2) is 5.74. The predicted octanol–water partition coefficient (Wildman–Crippen LogP) is 3.21. The average molecular weight is 290 g/mol. The van der Waals surface area contributed by atoms with Crippen molar-refractivity contribution < 1.29 is 19.2 Å². The molecule has 1 aromatic carbocycles. The first kappa shape index (κ1) is 14.7. The van der Waals surface area contributed by atoms with Crippen LogP contribution < -0.4 is 0 Å². The Balaban J connectivity index is 2.52. The molecule has 0 aliphatic heterocycles. The molecule has 1 aromatic heterocycles. The molecule has 1 N–H and O–H groups in total. The van der Waals surface area contributed by atoms with Gasteiger partial charge in [-0.3, -0.25) is 10.1 Å². The largest absolute Gasteiger partial charge is 0.475 e. The summed E-state index contributed by atoms with van der Waals surface area (Å²) < 4.78 is 5.26. The zero-order chi connectivity index (χ0) is 15.6. The molecule has 2 rings (SSSR count). The topological polar surface area (TPSA) is 106 Å². The Kier molecular flexibility index (Phi) is 4.02. The molecule has 0 saturated carbocycles. The SMILES string of the molecule is CCCc1nc(-c2ccc(C)c([N+](=O)[O-])c2)oc1C(=O)O. The Morgan fingerprint density at radius 3 is 2.76 bits per heavy atom. The van der Waals surface area contributed by atoms with Crippen LogP contribution in [0, 0.1) is 17.0 Å². The minimum Gasteiger partial charge on any atom is -0.475 e. The van der Waals surface area contributed by atoms with E-state index in [-0.39, 0.29) is 17.3 Å². The second-order valence-electron chi connectivity index (χ2n) is 4.61. The smallest absolute Gasteiger partial charge is 0.373 e. The van der Waals surface area contributed by atoms with Crippen molar-refractivity contribution in [3.63, 3.8) is 0 Å². The van der Waals surface area contributed by atoms with Crippen LogP contribution in [0.3, 0.4) is 0 Å². The lowest BCUT2D eigenvalue weighted by molar-refractivity contribution is -0.385. The van der Waals surface area contributed by atoms with E-state index in [9.17, 15) is 14.9 Å². The standard InChI is InChI=1S/C14H14N2O5/c1-3-4-10-12(14(17)18)21-13(15-10)9-6-5-8(2)11(7-9)16(19)20/h5-7H,3-4H2,1-2H3,(H,17,18). The van der Waals surface area contributed by atoms with Gasteiger partial charge in [0.1, 0.15) is 0 Å². The molecule has 21 heavy (non-hydrogen) atoms. The van der Waals surface area contributed by atoms with Crippen LogP contribution in [0.5, 0.6) is 0 Å². The molecule has 0 bridgehead atoms. The molecule has 0 unspecified atom stereocenters. The molecule has 0 atom stereocenters. The van der Waals surface area contributed by atoms with E-state index in [1.165, 1.54) is 6.07 Å². The lowest BCUT2D eigenvalue weighted by atomic mass is 10.1. The third-order valence-electron chi connectivity index (χ3n) is 3.03. The fourth-order valence-electron chi connectivity index (χ4n) is 1.99. The lowest BCUT2D eigenvalue weighted by Crippen LogP contribution is -1.99. The molecule has 0 saturated heterocycles. The number of oxazole rings is 1. The van der Waals surface area contributed by atoms with Crippen LogP contribution in [-0.4, -0.2) is 21.0 Å². The molecular weight excluding hydrogens is 276 g/mol. The predicted molar refractivity (Wildman–Crippen MR) is 74.3 cm³/mol. The number of hydrogen-bond donors (Lipinski definition) is 1. The number of rotatable bonds is 5. The summed E-state index contributed by atoms with van der Waals surface area (Å²) in [4.78, 5) is 25.7. The number of carboxylic acids is 1. The van der Waals surface area contributed by atoms with Crippen molar-refractivity contribution in [1.82, 2.24) is 4.98 Å². The van der Waals surface area contributed by atoms with Crippen molar-refractivity contribution >= 4 is 11.7 Å². The van der Waals surface area contributed by atoms with Crippen LogP contribution in [0.4, 0.5) is 5.69 Å². The molecule has 1 heterocycles. The molecule has 2 aromatic rings. The van der Waals surface area contributed by atoms with Crippen LogP contribution in [-0.2, 0) is 6.42 Å². The third kappa shape index (κ3) is 2.91. The van der Waals surface area contributed by atoms with E-state index in [2.05, 4.69) is 4.98 Å². The van der Waals surface area contributed by atoms with Gasteiger partial charge in [0.2, 0.25) is 11.7 Å². The number of aromatic nitrogens is 1. The molecule has 0 amide bonds. The number of aryl methyl sites for hydroxylation is 2. The van der Waals surface area contributed by atoms with Crippen molar-refractivity contribution in [3.05, 3.63) is 45.3 Å². The van der Waals surface area contributed by atoms with Crippen molar-refractivity contribution in [3.8, 4) is 11.5 Å². The molecule has 110 valence electrons. The first-order chi connectivity index (χ1) is 9.93. The fourth-order valence-corrected chi connectivity index (χ4v) is 1.99. The summed E-state index contributed by atoms with van der Waals surface area (Å²) in [6, 6.07) is 4.54. The van der Waals surface area contributed by atoms with Crippen LogP contribution in [0.2, 0.25) is 0 Å². The highest BCUT2D eigenvalue weighted by molar-refractivity contribution is 5.86. The number of aromatic carboxylic acids is 1. The van der Waals surface area contributed by atoms with E-state index < -0.39 is 10.9 Å². The highest BCUT2D eigenvalue weighted by Crippen LogP contribution is 2.28. The Hall–Kier alpha value is -2.70. The summed E-state index contributed by atoms with van der Waals surface area (Å²) in [5, 5.41) is 20.0. The number of carboxylic acid groups (broad SMARTS) is 1. The van der Waals surface area contributed by atoms with Gasteiger partial charge in [-0.05, 0) is 19.4 Å². The highest BCUT2D eigenvalue weighted by Gasteiger charge is 2.21. The minimum absolute atomic E-state index is 0.0559. The van der Waals surface area contributed by atoms with E-state index in [0.717, 1.165) is 6.42 Å². The Morgan fingerprint density at radius 1 is 1.48 bits per heavy atom. The zero-order valence-electron chi connectivity index (χ0n) is 11.6. The number of benzene rings is 1. The molecule has 7 heteroatoms. The number of nitro groups is 1. The maximum Gasteiger partial charge on any atom is 0.373 e. The summed E-state index contributed by atoms with van der Waals surface area (Å²) in [5.74, 6) is -1.33. The Bertz CT molecular complexity index is 705. The molecule has 0 radical (unpaired) electrons. The molecule has 7 nitrogen and oxygen atoms in total. The van der Waals surface area contributed by atoms with E-state index >= 15 is 0 Å². The van der Waals surface area contributed by atoms with Crippen LogP contribution in [0.1, 0.15) is 35.2 Å². The highest BCUT2D eigenvalue weighted by atomic mass is 16.6. The monoisotopic (exact) mass is 290 g/mol. The summed E-state index contributed by atoms with van der Waals surface area (Å²) >= 11 is 0. The molecular formula is C14H14N2O5. The number of hydrogen-bond acceptors (Lipinski definition) is 5. The summed E-state index contributed by atoms with van der Waals surface area (Å²) in [6.45, 7) is 3.53. The van der Waals surface area contributed by atoms with Gasteiger partial charge in [-0.1, -0.05) is 19.4 Å². The van der Waals surface area contributed by atoms with E-state index in [1.807, 2.05) is 6.92 Å². The number of carbonyl (C=O) groups is 1. The normalized spacial score (nSPS) is 10.6. The van der Waals surface area contributed by atoms with Crippen LogP contribution in [0.25, 0.3) is 11.5 Å². The van der Waals surface area contributed by atoms with Crippen molar-refractivity contribution in [2.45, 2.75) is 26.7 Å². The number of nitro benzene ring substituents is 1. The summed E-state index contributed by atoms with van der Waals surface area (Å²) in [6.07, 6.45) is 1.19. The van der Waals surface area contributed by atoms with E-state index in [0.29, 0.717) is 23.2 Å². The van der Waals surface area contributed by atoms with E-state index in [1.54, 1.807) is 19.1 Å². The Labute approximate surface area is 120 Å². The van der Waals surface area contributed by atoms with Gasteiger partial charge in [0, 0.05) is 17.2 Å². The van der Waals surface area contributed by atoms with Crippen molar-refractivity contribution in [2.75, 3.05) is 0 Å². The zero-order valence-corrected chi connectivity index (χ0v) is 11.6. The van der Waals surface area contributed by atoms with Gasteiger partial charge >= 0.3 is 5.97 Å². The third-order valence-corrected chi connectivity index (χ3v) is 3.03. The van der Waals surface area contributed by atoms with Gasteiger partial charge in [0.05, 0.1) is 10.6 Å². The second-order valence-corrected chi connectivity index (χ2v) is 4.61. The van der Waals surface area contributed by atoms with Gasteiger partial charge in [-0.2, -0.15) is 0 Å². The fraction of sp³-hybridized carbons (Fsp3) is 0.286. The first-order valence-electron chi connectivity index (χ1n) is 6.42. The molecule has 0 aliphatic carbocycles. The Morgan fingerprint density at radius 2 is 2.19 bits per heavy atom. The van der Waals surface area contributed by atoms with Gasteiger partial charge in [0.15, 0.2) is 0 Å². The quantitative estimate of drug-likeness (QED) is 0.669. The maximum atomic E-state index is 11.1. The molecule has 0 aliphatic rings. The molecule has 0 fully saturated rings. The van der Waals surface area contributed by atoms with Crippen LogP contribution >= 0.6 is 0 Å². The van der Waals surface area contributed by atoms with Gasteiger partial charge in [0.25, 0.3) is 5.69 Å². The van der Waals surface area contributed by atoms with Crippen molar-refractivity contribution in [1.29, 1.82) is 0 Å². The van der Waals surface area contributed by atoms with Crippen LogP contribution in [0.15, 0.2) is 22.6 Å². The first-order valence-corrected chi connectivity index (χ1v) is 6.42. The van der Waals surface area contributed by atoms with Gasteiger partial charge < -0.3 is 9.52 Å². The van der Waals surface area contributed by atoms with Crippen molar-refractivity contribution in [2.24, 2.45) is 0 Å². The lowest BCUT2D eigenvalue weighted by Gasteiger charge is -1.99. The van der Waals surface area contributed by atoms with Gasteiger partial charge in [-0.15, -0.1) is 0 Å². The number of nitrogens with zero attached hydrogens (tertiary/aromatic N) is 2. The summed E-state index contributed by atoms with van der Waals surface area (Å²) in [7, 11) is 0. The van der Waals surface area contributed by atoms with Gasteiger partial charge in [-0.25, -0.2) is 9.78 Å². The average Bonchev–Trinajstić information content (AvgIpc) is 2.83.